The van der Waals surface area contributed by atoms with Crippen molar-refractivity contribution in [2.75, 3.05) is 6.54 Å². The number of hydrogen-bond acceptors (Lipinski definition) is 5. The molecule has 0 unspecified atom stereocenters. The molecule has 0 aromatic heterocycles. The molecule has 0 bridgehead atoms. The molecular formula is C27H30Cl2N5O3S+. The quantitative estimate of drug-likeness (QED) is 0.217. The maximum absolute atomic E-state index is 13.2. The lowest BCUT2D eigenvalue weighted by Gasteiger charge is -2.20. The molecule has 6 N–H and O–H groups in total. The molecule has 38 heavy (non-hydrogen) atoms. The number of benzene rings is 3. The number of guanidine groups is 1. The molecule has 0 aliphatic heterocycles. The van der Waals surface area contributed by atoms with Crippen LogP contribution in [-0.4, -0.2) is 38.6 Å². The van der Waals surface area contributed by atoms with Crippen LogP contribution in [0.1, 0.15) is 30.9 Å². The number of quaternary nitrogens is 1. The summed E-state index contributed by atoms with van der Waals surface area (Å²) in [6.07, 6.45) is 0. The average molecular weight is 576 g/mol. The van der Waals surface area contributed by atoms with Crippen LogP contribution in [-0.2, 0) is 14.8 Å². The van der Waals surface area contributed by atoms with E-state index in [0.29, 0.717) is 21.3 Å². The fraction of sp³-hybridized carbons (Fsp3) is 0.222. The van der Waals surface area contributed by atoms with E-state index in [-0.39, 0.29) is 23.3 Å². The van der Waals surface area contributed by atoms with Crippen LogP contribution in [0, 0.1) is 11.3 Å². The number of carbonyl (C=O) groups excluding carboxylic acids is 1. The van der Waals surface area contributed by atoms with E-state index < -0.39 is 27.9 Å². The molecule has 200 valence electrons. The zero-order valence-electron chi connectivity index (χ0n) is 20.9. The topological polar surface area (TPSA) is 142 Å². The molecule has 0 heterocycles. The lowest BCUT2D eigenvalue weighted by atomic mass is 9.90. The van der Waals surface area contributed by atoms with Gasteiger partial charge in [0.25, 0.3) is 10.0 Å². The summed E-state index contributed by atoms with van der Waals surface area (Å²) in [7, 11) is -4.05. The number of rotatable bonds is 10. The van der Waals surface area contributed by atoms with Crippen LogP contribution in [0.3, 0.4) is 0 Å². The van der Waals surface area contributed by atoms with Gasteiger partial charge in [0.05, 0.1) is 23.1 Å². The SMILES string of the molecule is CC(C)[C@@H](N=C(NS(=O)(=O)c1ccc(Cl)cc1)[NH2+]C[C@H](C(=N)c1ccc(Cl)cc1)c1ccccc1)C(N)=O. The van der Waals surface area contributed by atoms with Gasteiger partial charge in [-0.2, -0.15) is 0 Å². The van der Waals surface area contributed by atoms with Crippen LogP contribution < -0.4 is 15.8 Å². The number of carbonyl (C=O) groups is 1. The van der Waals surface area contributed by atoms with Crippen LogP contribution in [0.5, 0.6) is 0 Å². The van der Waals surface area contributed by atoms with Crippen molar-refractivity contribution in [3.8, 4) is 0 Å². The molecule has 0 aliphatic rings. The molecule has 0 saturated heterocycles. The number of sulfonamides is 1. The number of hydrogen-bond donors (Lipinski definition) is 4. The predicted molar refractivity (Wildman–Crippen MR) is 151 cm³/mol. The van der Waals surface area contributed by atoms with E-state index in [1.165, 1.54) is 24.3 Å². The van der Waals surface area contributed by atoms with E-state index >= 15 is 0 Å². The summed E-state index contributed by atoms with van der Waals surface area (Å²) in [5.41, 5.74) is 7.42. The second-order valence-corrected chi connectivity index (χ2v) is 11.5. The summed E-state index contributed by atoms with van der Waals surface area (Å²) in [5.74, 6) is -1.42. The van der Waals surface area contributed by atoms with Crippen molar-refractivity contribution in [3.63, 3.8) is 0 Å². The summed E-state index contributed by atoms with van der Waals surface area (Å²) in [6, 6.07) is 21.1. The second kappa shape index (κ2) is 13.0. The van der Waals surface area contributed by atoms with Crippen molar-refractivity contribution < 1.29 is 18.5 Å². The lowest BCUT2D eigenvalue weighted by molar-refractivity contribution is -0.543. The molecule has 8 nitrogen and oxygen atoms in total. The highest BCUT2D eigenvalue weighted by Crippen LogP contribution is 2.21. The van der Waals surface area contributed by atoms with Crippen LogP contribution in [0.4, 0.5) is 0 Å². The van der Waals surface area contributed by atoms with Gasteiger partial charge in [-0.3, -0.25) is 10.1 Å². The van der Waals surface area contributed by atoms with Gasteiger partial charge in [0.2, 0.25) is 5.91 Å². The fourth-order valence-corrected chi connectivity index (χ4v) is 5.06. The maximum Gasteiger partial charge on any atom is 0.309 e. The third kappa shape index (κ3) is 7.88. The molecule has 3 aromatic rings. The fourth-order valence-electron chi connectivity index (χ4n) is 3.79. The van der Waals surface area contributed by atoms with E-state index in [2.05, 4.69) is 9.71 Å². The first-order valence-electron chi connectivity index (χ1n) is 11.9. The van der Waals surface area contributed by atoms with Crippen molar-refractivity contribution in [2.45, 2.75) is 30.7 Å². The number of aliphatic imine (C=N–C) groups is 1. The van der Waals surface area contributed by atoms with Crippen molar-refractivity contribution >= 4 is 50.8 Å². The minimum atomic E-state index is -4.05. The normalized spacial score (nSPS) is 13.7. The predicted octanol–water partition coefficient (Wildman–Crippen LogP) is 3.55. The minimum Gasteiger partial charge on any atom is -0.368 e. The summed E-state index contributed by atoms with van der Waals surface area (Å²) in [6.45, 7) is 3.76. The average Bonchev–Trinajstić information content (AvgIpc) is 2.87. The molecular weight excluding hydrogens is 545 g/mol. The van der Waals surface area contributed by atoms with Crippen molar-refractivity contribution in [2.24, 2.45) is 16.6 Å². The van der Waals surface area contributed by atoms with Gasteiger partial charge in [0.1, 0.15) is 6.04 Å². The lowest BCUT2D eigenvalue weighted by Crippen LogP contribution is -2.92. The molecule has 0 fully saturated rings. The molecule has 0 radical (unpaired) electrons. The zero-order chi connectivity index (χ0) is 27.9. The highest BCUT2D eigenvalue weighted by Gasteiger charge is 2.27. The molecule has 1 amide bonds. The van der Waals surface area contributed by atoms with Crippen molar-refractivity contribution in [1.29, 1.82) is 5.41 Å². The molecule has 0 spiro atoms. The molecule has 3 rings (SSSR count). The first-order chi connectivity index (χ1) is 18.0. The van der Waals surface area contributed by atoms with Crippen molar-refractivity contribution in [3.05, 3.63) is 100 Å². The summed E-state index contributed by atoms with van der Waals surface area (Å²) in [5, 5.41) is 11.5. The maximum atomic E-state index is 13.2. The van der Waals surface area contributed by atoms with E-state index in [9.17, 15) is 13.2 Å². The number of halogens is 2. The van der Waals surface area contributed by atoms with E-state index in [1.54, 1.807) is 43.4 Å². The molecule has 11 heteroatoms. The van der Waals surface area contributed by atoms with E-state index in [0.717, 1.165) is 5.56 Å². The Morgan fingerprint density at radius 3 is 2.05 bits per heavy atom. The van der Waals surface area contributed by atoms with E-state index in [4.69, 9.17) is 34.3 Å². The second-order valence-electron chi connectivity index (χ2n) is 8.99. The van der Waals surface area contributed by atoms with Gasteiger partial charge >= 0.3 is 5.96 Å². The number of amides is 1. The summed E-state index contributed by atoms with van der Waals surface area (Å²) >= 11 is 11.9. The number of nitrogens with two attached hydrogens (primary N) is 2. The Morgan fingerprint density at radius 1 is 0.974 bits per heavy atom. The number of primary amides is 1. The van der Waals surface area contributed by atoms with Crippen LogP contribution in [0.2, 0.25) is 10.0 Å². The minimum absolute atomic E-state index is 0.0170. The highest BCUT2D eigenvalue weighted by molar-refractivity contribution is 7.90. The van der Waals surface area contributed by atoms with Gasteiger partial charge in [0.15, 0.2) is 0 Å². The number of nitrogens with zero attached hydrogens (tertiary/aromatic N) is 1. The first-order valence-corrected chi connectivity index (χ1v) is 14.1. The number of nitrogens with one attached hydrogen (secondary N) is 2. The highest BCUT2D eigenvalue weighted by atomic mass is 35.5. The molecule has 0 aliphatic carbocycles. The molecule has 0 saturated carbocycles. The zero-order valence-corrected chi connectivity index (χ0v) is 23.3. The Balaban J connectivity index is 1.97. The largest absolute Gasteiger partial charge is 0.368 e. The first kappa shape index (κ1) is 29.3. The monoisotopic (exact) mass is 574 g/mol. The smallest absolute Gasteiger partial charge is 0.309 e. The molecule has 2 atom stereocenters. The molecule has 3 aromatic carbocycles. The Labute approximate surface area is 232 Å². The third-order valence-electron chi connectivity index (χ3n) is 5.82. The van der Waals surface area contributed by atoms with Gasteiger partial charge in [0, 0.05) is 10.0 Å². The summed E-state index contributed by atoms with van der Waals surface area (Å²) in [4.78, 5) is 16.5. The van der Waals surface area contributed by atoms with Gasteiger partial charge in [-0.15, -0.1) is 0 Å². The third-order valence-corrected chi connectivity index (χ3v) is 7.69. The van der Waals surface area contributed by atoms with Gasteiger partial charge < -0.3 is 11.1 Å². The Bertz CT molecular complexity index is 1390. The standard InChI is InChI=1S/C27H29Cl2N5O3S/c1-17(2)25(26(31)35)33-27(34-38(36,37)22-14-12-21(29)13-15-22)32-16-23(18-6-4-3-5-7-18)24(30)19-8-10-20(28)11-9-19/h3-15,17,23,25,30H,16H2,1-2H3,(H2,31,35)(H2,32,33,34)/p+1/t23-,25+/m0/s1. The van der Waals surface area contributed by atoms with Gasteiger partial charge in [-0.25, -0.2) is 18.1 Å². The Kier molecular flexibility index (Phi) is 10.0. The van der Waals surface area contributed by atoms with Crippen molar-refractivity contribution in [1.82, 2.24) is 4.72 Å². The Hall–Kier alpha value is -3.24. The van der Waals surface area contributed by atoms with Gasteiger partial charge in [-0.1, -0.05) is 79.5 Å². The summed E-state index contributed by atoms with van der Waals surface area (Å²) < 4.78 is 28.8. The van der Waals surface area contributed by atoms with Crippen LogP contribution >= 0.6 is 23.2 Å². The Morgan fingerprint density at radius 2 is 1.53 bits per heavy atom. The van der Waals surface area contributed by atoms with E-state index in [1.807, 2.05) is 30.3 Å². The van der Waals surface area contributed by atoms with Gasteiger partial charge in [-0.05, 0) is 53.4 Å². The van der Waals surface area contributed by atoms with Crippen LogP contribution in [0.25, 0.3) is 0 Å². The van der Waals surface area contributed by atoms with Crippen LogP contribution in [0.15, 0.2) is 88.8 Å².